The minimum absolute atomic E-state index is 0.00589. The van der Waals surface area contributed by atoms with Crippen LogP contribution in [0.1, 0.15) is 72.6 Å². The molecule has 0 bridgehead atoms. The second kappa shape index (κ2) is 9.13. The number of nitrogens with zero attached hydrogens (tertiary/aromatic N) is 1. The Kier molecular flexibility index (Phi) is 6.34. The van der Waals surface area contributed by atoms with Gasteiger partial charge in [0.25, 0.3) is 0 Å². The van der Waals surface area contributed by atoms with E-state index in [9.17, 15) is 4.79 Å². The third-order valence-corrected chi connectivity index (χ3v) is 6.56. The summed E-state index contributed by atoms with van der Waals surface area (Å²) in [6.45, 7) is 0.979. The van der Waals surface area contributed by atoms with Crippen molar-refractivity contribution >= 4 is 5.97 Å². The van der Waals surface area contributed by atoms with E-state index in [1.807, 2.05) is 6.07 Å². The van der Waals surface area contributed by atoms with E-state index >= 15 is 0 Å². The van der Waals surface area contributed by atoms with Gasteiger partial charge in [-0.05, 0) is 87.2 Å². The van der Waals surface area contributed by atoms with E-state index in [2.05, 4.69) is 61.5 Å². The summed E-state index contributed by atoms with van der Waals surface area (Å²) in [5, 5.41) is 0. The number of ether oxygens (including phenoxy) is 1. The fourth-order valence-electron chi connectivity index (χ4n) is 5.02. The highest BCUT2D eigenvalue weighted by molar-refractivity contribution is 5.79. The molecule has 0 spiro atoms. The molecule has 2 aromatic carbocycles. The van der Waals surface area contributed by atoms with Gasteiger partial charge in [0.15, 0.2) is 0 Å². The van der Waals surface area contributed by atoms with Gasteiger partial charge in [0.1, 0.15) is 6.10 Å². The van der Waals surface area contributed by atoms with E-state index in [4.69, 9.17) is 4.74 Å². The molecule has 0 aliphatic heterocycles. The SMILES string of the molecule is CN(C)Cc1ccc(C2CCC(OC(=O)C3CCCc4ccccc43)CC2)cc1. The van der Waals surface area contributed by atoms with E-state index in [0.717, 1.165) is 51.5 Å². The van der Waals surface area contributed by atoms with Crippen molar-refractivity contribution in [1.82, 2.24) is 4.90 Å². The highest BCUT2D eigenvalue weighted by atomic mass is 16.5. The van der Waals surface area contributed by atoms with Crippen molar-refractivity contribution in [3.05, 3.63) is 70.8 Å². The van der Waals surface area contributed by atoms with Crippen LogP contribution in [-0.2, 0) is 22.5 Å². The molecule has 0 heterocycles. The summed E-state index contributed by atoms with van der Waals surface area (Å²) in [5.41, 5.74) is 5.30. The summed E-state index contributed by atoms with van der Waals surface area (Å²) in [7, 11) is 4.20. The Hall–Kier alpha value is -2.13. The summed E-state index contributed by atoms with van der Waals surface area (Å²) >= 11 is 0. The number of carbonyl (C=O) groups excluding carboxylic acids is 1. The van der Waals surface area contributed by atoms with Gasteiger partial charge in [0.2, 0.25) is 0 Å². The Balaban J connectivity index is 1.31. The molecule has 4 rings (SSSR count). The molecule has 2 aromatic rings. The number of hydrogen-bond acceptors (Lipinski definition) is 3. The fraction of sp³-hybridized carbons (Fsp3) is 0.500. The average molecular weight is 392 g/mol. The number of esters is 1. The van der Waals surface area contributed by atoms with Crippen LogP contribution in [0, 0.1) is 0 Å². The molecule has 3 heteroatoms. The third-order valence-electron chi connectivity index (χ3n) is 6.56. The van der Waals surface area contributed by atoms with Crippen LogP contribution in [-0.4, -0.2) is 31.1 Å². The first-order chi connectivity index (χ1) is 14.1. The lowest BCUT2D eigenvalue weighted by Gasteiger charge is -2.31. The zero-order chi connectivity index (χ0) is 20.2. The molecule has 154 valence electrons. The van der Waals surface area contributed by atoms with Gasteiger partial charge in [-0.1, -0.05) is 48.5 Å². The molecule has 1 fully saturated rings. The van der Waals surface area contributed by atoms with Crippen molar-refractivity contribution < 1.29 is 9.53 Å². The molecule has 0 aromatic heterocycles. The topological polar surface area (TPSA) is 29.5 Å². The molecule has 29 heavy (non-hydrogen) atoms. The van der Waals surface area contributed by atoms with Crippen LogP contribution in [0.2, 0.25) is 0 Å². The zero-order valence-electron chi connectivity index (χ0n) is 17.8. The molecule has 3 nitrogen and oxygen atoms in total. The monoisotopic (exact) mass is 391 g/mol. The summed E-state index contributed by atoms with van der Waals surface area (Å²) in [6.07, 6.45) is 7.32. The van der Waals surface area contributed by atoms with Gasteiger partial charge in [-0.3, -0.25) is 4.79 Å². The lowest BCUT2D eigenvalue weighted by molar-refractivity contribution is -0.153. The maximum atomic E-state index is 12.9. The Morgan fingerprint density at radius 3 is 2.41 bits per heavy atom. The quantitative estimate of drug-likeness (QED) is 0.636. The number of hydrogen-bond donors (Lipinski definition) is 0. The number of benzene rings is 2. The molecule has 0 amide bonds. The normalized spacial score (nSPS) is 24.2. The average Bonchev–Trinajstić information content (AvgIpc) is 2.74. The van der Waals surface area contributed by atoms with Gasteiger partial charge in [-0.15, -0.1) is 0 Å². The summed E-state index contributed by atoms with van der Waals surface area (Å²) < 4.78 is 5.99. The summed E-state index contributed by atoms with van der Waals surface area (Å²) in [6, 6.07) is 17.5. The molecule has 0 radical (unpaired) electrons. The largest absolute Gasteiger partial charge is 0.462 e. The predicted molar refractivity (Wildman–Crippen MR) is 117 cm³/mol. The lowest BCUT2D eigenvalue weighted by Crippen LogP contribution is -2.28. The maximum Gasteiger partial charge on any atom is 0.313 e. The first kappa shape index (κ1) is 20.2. The van der Waals surface area contributed by atoms with Gasteiger partial charge in [0, 0.05) is 6.54 Å². The molecule has 1 unspecified atom stereocenters. The van der Waals surface area contributed by atoms with Crippen molar-refractivity contribution in [2.24, 2.45) is 0 Å². The first-order valence-corrected chi connectivity index (χ1v) is 11.1. The molecular weight excluding hydrogens is 358 g/mol. The standard InChI is InChI=1S/C26H33NO2/c1-27(2)18-19-10-12-20(13-11-19)21-14-16-23(17-15-21)29-26(28)25-9-5-7-22-6-3-4-8-24(22)25/h3-4,6,8,10-13,21,23,25H,5,7,9,14-18H2,1-2H3. The van der Waals surface area contributed by atoms with Crippen LogP contribution in [0.3, 0.4) is 0 Å². The molecule has 1 atom stereocenters. The van der Waals surface area contributed by atoms with Crippen molar-refractivity contribution in [1.29, 1.82) is 0 Å². The number of fused-ring (bicyclic) bond motifs is 1. The summed E-state index contributed by atoms with van der Waals surface area (Å²) in [5.74, 6) is 0.518. The lowest BCUT2D eigenvalue weighted by atomic mass is 9.81. The van der Waals surface area contributed by atoms with Gasteiger partial charge in [-0.2, -0.15) is 0 Å². The smallest absolute Gasteiger partial charge is 0.313 e. The minimum atomic E-state index is -0.0677. The molecule has 2 aliphatic rings. The van der Waals surface area contributed by atoms with Gasteiger partial charge >= 0.3 is 5.97 Å². The van der Waals surface area contributed by atoms with Crippen LogP contribution >= 0.6 is 0 Å². The Bertz CT molecular complexity index is 819. The highest BCUT2D eigenvalue weighted by Gasteiger charge is 2.31. The van der Waals surface area contributed by atoms with Gasteiger partial charge < -0.3 is 9.64 Å². The molecule has 0 saturated heterocycles. The van der Waals surface area contributed by atoms with Crippen molar-refractivity contribution in [2.45, 2.75) is 69.4 Å². The van der Waals surface area contributed by atoms with Crippen molar-refractivity contribution in [3.63, 3.8) is 0 Å². The van der Waals surface area contributed by atoms with E-state index in [-0.39, 0.29) is 18.0 Å². The van der Waals surface area contributed by atoms with Gasteiger partial charge in [0.05, 0.1) is 5.92 Å². The number of carbonyl (C=O) groups is 1. The highest BCUT2D eigenvalue weighted by Crippen LogP contribution is 2.37. The van der Waals surface area contributed by atoms with Crippen LogP contribution in [0.15, 0.2) is 48.5 Å². The number of aryl methyl sites for hydroxylation is 1. The Morgan fingerprint density at radius 2 is 1.69 bits per heavy atom. The van der Waals surface area contributed by atoms with Gasteiger partial charge in [-0.25, -0.2) is 0 Å². The first-order valence-electron chi connectivity index (χ1n) is 11.1. The zero-order valence-corrected chi connectivity index (χ0v) is 17.8. The van der Waals surface area contributed by atoms with Crippen LogP contribution < -0.4 is 0 Å². The van der Waals surface area contributed by atoms with Crippen molar-refractivity contribution in [3.8, 4) is 0 Å². The van der Waals surface area contributed by atoms with E-state index in [1.54, 1.807) is 0 Å². The van der Waals surface area contributed by atoms with Crippen LogP contribution in [0.4, 0.5) is 0 Å². The third kappa shape index (κ3) is 4.90. The minimum Gasteiger partial charge on any atom is -0.462 e. The second-order valence-electron chi connectivity index (χ2n) is 9.03. The molecule has 2 aliphatic carbocycles. The fourth-order valence-corrected chi connectivity index (χ4v) is 5.02. The van der Waals surface area contributed by atoms with Crippen molar-refractivity contribution in [2.75, 3.05) is 14.1 Å². The Morgan fingerprint density at radius 1 is 0.966 bits per heavy atom. The molecule has 1 saturated carbocycles. The van der Waals surface area contributed by atoms with E-state index in [1.165, 1.54) is 22.3 Å². The molecular formula is C26H33NO2. The Labute approximate surface area is 175 Å². The molecule has 0 N–H and O–H groups in total. The second-order valence-corrected chi connectivity index (χ2v) is 9.03. The number of rotatable bonds is 5. The van der Waals surface area contributed by atoms with Crippen LogP contribution in [0.25, 0.3) is 0 Å². The summed E-state index contributed by atoms with van der Waals surface area (Å²) in [4.78, 5) is 15.1. The predicted octanol–water partition coefficient (Wildman–Crippen LogP) is 5.44. The van der Waals surface area contributed by atoms with Crippen LogP contribution in [0.5, 0.6) is 0 Å². The maximum absolute atomic E-state index is 12.9. The van der Waals surface area contributed by atoms with E-state index in [0.29, 0.717) is 5.92 Å². The van der Waals surface area contributed by atoms with E-state index < -0.39 is 0 Å².